The molecule has 0 saturated carbocycles. The Bertz CT molecular complexity index is 1480. The lowest BCUT2D eigenvalue weighted by atomic mass is 9.90. The number of nitrogens with zero attached hydrogens (tertiary/aromatic N) is 5. The summed E-state index contributed by atoms with van der Waals surface area (Å²) < 4.78 is 10.9. The van der Waals surface area contributed by atoms with Crippen LogP contribution in [-0.4, -0.2) is 63.3 Å². The van der Waals surface area contributed by atoms with E-state index in [1.54, 1.807) is 45.3 Å². The molecule has 1 fully saturated rings. The van der Waals surface area contributed by atoms with Crippen molar-refractivity contribution >= 4 is 23.7 Å². The van der Waals surface area contributed by atoms with Gasteiger partial charge in [-0.15, -0.1) is 0 Å². The zero-order chi connectivity index (χ0) is 32.0. The van der Waals surface area contributed by atoms with Crippen molar-refractivity contribution in [3.05, 3.63) is 70.6 Å². The molecule has 4 heterocycles. The van der Waals surface area contributed by atoms with E-state index < -0.39 is 23.7 Å². The monoisotopic (exact) mass is 615 g/mol. The normalized spacial score (nSPS) is 16.0. The van der Waals surface area contributed by atoms with Crippen LogP contribution in [0.15, 0.2) is 36.7 Å². The second-order valence-corrected chi connectivity index (χ2v) is 12.9. The van der Waals surface area contributed by atoms with Gasteiger partial charge >= 0.3 is 12.1 Å². The Morgan fingerprint density at radius 1 is 1.00 bits per heavy atom. The molecule has 3 aromatic rings. The first kappa shape index (κ1) is 32.1. The number of rotatable bonds is 9. The highest BCUT2D eigenvalue weighted by molar-refractivity contribution is 5.82. The number of anilines is 2. The molecule has 0 spiro atoms. The molecule has 2 N–H and O–H groups in total. The van der Waals surface area contributed by atoms with E-state index in [2.05, 4.69) is 37.6 Å². The van der Waals surface area contributed by atoms with E-state index in [4.69, 9.17) is 19.4 Å². The molecule has 5 rings (SSSR count). The summed E-state index contributed by atoms with van der Waals surface area (Å²) >= 11 is 0. The summed E-state index contributed by atoms with van der Waals surface area (Å²) in [6, 6.07) is 7.03. The van der Waals surface area contributed by atoms with Crippen LogP contribution in [0.25, 0.3) is 0 Å². The van der Waals surface area contributed by atoms with Crippen LogP contribution in [0, 0.1) is 13.8 Å². The molecule has 0 aromatic carbocycles. The van der Waals surface area contributed by atoms with Gasteiger partial charge in [0, 0.05) is 54.9 Å². The van der Waals surface area contributed by atoms with Crippen LogP contribution < -0.4 is 15.5 Å². The Morgan fingerprint density at radius 3 is 2.47 bits per heavy atom. The van der Waals surface area contributed by atoms with Gasteiger partial charge in [-0.3, -0.25) is 9.97 Å². The fourth-order valence-corrected chi connectivity index (χ4v) is 5.88. The molecule has 1 amide bonds. The minimum atomic E-state index is -1.01. The lowest BCUT2D eigenvalue weighted by Crippen LogP contribution is -2.48. The van der Waals surface area contributed by atoms with Crippen LogP contribution >= 0.6 is 0 Å². The number of carbonyl (C=O) groups is 2. The molecule has 2 aliphatic rings. The average molecular weight is 616 g/mol. The Hall–Kier alpha value is -4.28. The Morgan fingerprint density at radius 2 is 1.73 bits per heavy atom. The molecule has 0 radical (unpaired) electrons. The van der Waals surface area contributed by atoms with E-state index in [1.807, 2.05) is 13.8 Å². The van der Waals surface area contributed by atoms with E-state index in [0.29, 0.717) is 17.6 Å². The number of esters is 1. The number of hydrogen-bond acceptors (Lipinski definition) is 10. The maximum absolute atomic E-state index is 13.1. The third-order valence-electron chi connectivity index (χ3n) is 8.22. The maximum atomic E-state index is 13.1. The summed E-state index contributed by atoms with van der Waals surface area (Å²) in [5.41, 5.74) is 4.87. The molecule has 45 heavy (non-hydrogen) atoms. The number of piperidine rings is 1. The molecule has 0 unspecified atom stereocenters. The smallest absolute Gasteiger partial charge is 0.408 e. The van der Waals surface area contributed by atoms with Crippen molar-refractivity contribution in [1.82, 2.24) is 25.3 Å². The van der Waals surface area contributed by atoms with Gasteiger partial charge in [0.2, 0.25) is 0 Å². The summed E-state index contributed by atoms with van der Waals surface area (Å²) in [7, 11) is 0. The number of ether oxygens (including phenoxy) is 2. The van der Waals surface area contributed by atoms with Crippen LogP contribution in [0.3, 0.4) is 0 Å². The Kier molecular flexibility index (Phi) is 10.1. The number of alkyl carbamates (subject to hydrolysis) is 1. The van der Waals surface area contributed by atoms with Crippen LogP contribution in [0.5, 0.6) is 0 Å². The highest BCUT2D eigenvalue weighted by atomic mass is 16.6. The molecule has 1 aliphatic carbocycles. The summed E-state index contributed by atoms with van der Waals surface area (Å²) in [6.07, 6.45) is 9.26. The number of carbonyl (C=O) groups excluding carboxylic acids is 2. The number of nitrogens with one attached hydrogen (secondary N) is 2. The van der Waals surface area contributed by atoms with Crippen molar-refractivity contribution < 1.29 is 19.1 Å². The molecule has 1 atom stereocenters. The van der Waals surface area contributed by atoms with Crippen LogP contribution in [0.1, 0.15) is 86.3 Å². The summed E-state index contributed by atoms with van der Waals surface area (Å²) in [5.74, 6) is 1.97. The predicted molar refractivity (Wildman–Crippen MR) is 172 cm³/mol. The second kappa shape index (κ2) is 14.2. The largest absolute Gasteiger partial charge is 0.458 e. The van der Waals surface area contributed by atoms with E-state index >= 15 is 0 Å². The lowest BCUT2D eigenvalue weighted by molar-refractivity contribution is -0.156. The first-order valence-corrected chi connectivity index (χ1v) is 15.9. The van der Waals surface area contributed by atoms with Crippen molar-refractivity contribution in [3.8, 4) is 0 Å². The fourth-order valence-electron chi connectivity index (χ4n) is 5.88. The quantitative estimate of drug-likeness (QED) is 0.310. The predicted octanol–water partition coefficient (Wildman–Crippen LogP) is 5.19. The molecule has 0 bridgehead atoms. The number of pyridine rings is 2. The van der Waals surface area contributed by atoms with E-state index in [-0.39, 0.29) is 13.2 Å². The zero-order valence-corrected chi connectivity index (χ0v) is 27.1. The Balaban J connectivity index is 1.23. The molecule has 11 heteroatoms. The van der Waals surface area contributed by atoms with Gasteiger partial charge in [0.15, 0.2) is 0 Å². The molecule has 11 nitrogen and oxygen atoms in total. The van der Waals surface area contributed by atoms with Crippen LogP contribution in [-0.2, 0) is 33.7 Å². The van der Waals surface area contributed by atoms with Gasteiger partial charge in [0.1, 0.15) is 35.7 Å². The van der Waals surface area contributed by atoms with Crippen molar-refractivity contribution in [1.29, 1.82) is 0 Å². The summed E-state index contributed by atoms with van der Waals surface area (Å²) in [6.45, 7) is 11.0. The minimum Gasteiger partial charge on any atom is -0.458 e. The van der Waals surface area contributed by atoms with E-state index in [0.717, 1.165) is 55.7 Å². The first-order valence-electron chi connectivity index (χ1n) is 15.9. The molecular weight excluding hydrogens is 570 g/mol. The molecular formula is C34H45N7O4. The third kappa shape index (κ3) is 8.67. The van der Waals surface area contributed by atoms with Crippen LogP contribution in [0.4, 0.5) is 16.4 Å². The molecule has 240 valence electrons. The third-order valence-corrected chi connectivity index (χ3v) is 8.22. The van der Waals surface area contributed by atoms with Crippen molar-refractivity contribution in [2.75, 3.05) is 29.9 Å². The second-order valence-electron chi connectivity index (χ2n) is 12.9. The molecule has 1 aliphatic heterocycles. The zero-order valence-electron chi connectivity index (χ0n) is 27.1. The number of aromatic nitrogens is 4. The minimum absolute atomic E-state index is 0.0512. The van der Waals surface area contributed by atoms with Gasteiger partial charge in [-0.25, -0.2) is 19.6 Å². The standard InChI is InChI=1S/C34H45N7O4/c1-22-30(36-20-29(32(42)45-34(3,4)5)40-33(43)44-21-24-12-16-35-17-13-24)37-23(2)38-31(22)41-18-14-26(15-19-41)28-11-10-25-8-6-7-9-27(25)39-28/h10-13,16-17,26,29H,6-9,14-15,18-21H2,1-5H3,(H,40,43)(H,36,37,38)/t29-/m0/s1. The van der Waals surface area contributed by atoms with Crippen molar-refractivity contribution in [3.63, 3.8) is 0 Å². The number of aryl methyl sites for hydroxylation is 3. The van der Waals surface area contributed by atoms with Crippen LogP contribution in [0.2, 0.25) is 0 Å². The average Bonchev–Trinajstić information content (AvgIpc) is 3.02. The van der Waals surface area contributed by atoms with E-state index in [9.17, 15) is 9.59 Å². The van der Waals surface area contributed by atoms with Gasteiger partial charge in [0.05, 0.1) is 0 Å². The molecule has 3 aromatic heterocycles. The highest BCUT2D eigenvalue weighted by Crippen LogP contribution is 2.33. The maximum Gasteiger partial charge on any atom is 0.408 e. The highest BCUT2D eigenvalue weighted by Gasteiger charge is 2.29. The molecule has 1 saturated heterocycles. The van der Waals surface area contributed by atoms with Gasteiger partial charge in [0.25, 0.3) is 0 Å². The van der Waals surface area contributed by atoms with Crippen molar-refractivity contribution in [2.45, 2.75) is 97.3 Å². The number of fused-ring (bicyclic) bond motifs is 1. The number of amides is 1. The topological polar surface area (TPSA) is 131 Å². The lowest BCUT2D eigenvalue weighted by Gasteiger charge is -2.34. The SMILES string of the molecule is Cc1nc(NC[C@H](NC(=O)OCc2ccncc2)C(=O)OC(C)(C)C)c(C)c(N2CCC(c3ccc4c(n3)CCCC4)CC2)n1. The summed E-state index contributed by atoms with van der Waals surface area (Å²) in [4.78, 5) is 46.5. The van der Waals surface area contributed by atoms with E-state index in [1.165, 1.54) is 29.8 Å². The van der Waals surface area contributed by atoms with Gasteiger partial charge in [-0.2, -0.15) is 0 Å². The Labute approximate surface area is 265 Å². The number of hydrogen-bond donors (Lipinski definition) is 2. The fraction of sp³-hybridized carbons (Fsp3) is 0.529. The first-order chi connectivity index (χ1) is 21.6. The van der Waals surface area contributed by atoms with Gasteiger partial charge in [-0.05, 0) is 102 Å². The summed E-state index contributed by atoms with van der Waals surface area (Å²) in [5, 5.41) is 5.93. The van der Waals surface area contributed by atoms with Gasteiger partial charge < -0.3 is 25.0 Å². The van der Waals surface area contributed by atoms with Gasteiger partial charge in [-0.1, -0.05) is 6.07 Å². The van der Waals surface area contributed by atoms with Crippen molar-refractivity contribution in [2.24, 2.45) is 0 Å².